The summed E-state index contributed by atoms with van der Waals surface area (Å²) in [6, 6.07) is 3.03. The van der Waals surface area contributed by atoms with Gasteiger partial charge in [-0.15, -0.1) is 22.6 Å². The first-order valence-electron chi connectivity index (χ1n) is 6.75. The lowest BCUT2D eigenvalue weighted by Gasteiger charge is -2.12. The maximum absolute atomic E-state index is 12.1. The molecule has 0 radical (unpaired) electrons. The van der Waals surface area contributed by atoms with Gasteiger partial charge in [-0.25, -0.2) is 13.6 Å². The molecule has 0 saturated heterocycles. The summed E-state index contributed by atoms with van der Waals surface area (Å²) in [4.78, 5) is 40.9. The van der Waals surface area contributed by atoms with E-state index in [1.54, 1.807) is 6.07 Å². The number of halogens is 1. The molecular weight excluding hydrogens is 408 g/mol. The van der Waals surface area contributed by atoms with Crippen molar-refractivity contribution in [2.24, 2.45) is 5.14 Å². The third-order valence-corrected chi connectivity index (χ3v) is 5.34. The summed E-state index contributed by atoms with van der Waals surface area (Å²) in [5, 5.41) is 14.0. The van der Waals surface area contributed by atoms with E-state index < -0.39 is 32.1 Å². The minimum Gasteiger partial charge on any atom is -0.300 e. The molecule has 0 spiro atoms. The van der Waals surface area contributed by atoms with E-state index >= 15 is 0 Å². The molecule has 0 aromatic carbocycles. The van der Waals surface area contributed by atoms with Crippen molar-refractivity contribution < 1.29 is 22.8 Å². The maximum atomic E-state index is 12.1. The first kappa shape index (κ1) is 19.8. The molecule has 138 valence electrons. The summed E-state index contributed by atoms with van der Waals surface area (Å²) in [6.07, 6.45) is 1.20. The van der Waals surface area contributed by atoms with E-state index in [0.717, 1.165) is 4.90 Å². The molecule has 3 amide bonds. The molecule has 3 heterocycles. The lowest BCUT2D eigenvalue weighted by molar-refractivity contribution is -0.116. The Morgan fingerprint density at radius 3 is 2.62 bits per heavy atom. The highest BCUT2D eigenvalue weighted by atomic mass is 35.5. The fourth-order valence-corrected chi connectivity index (χ4v) is 3.44. The molecule has 3 N–H and O–H groups in total. The second-order valence-electron chi connectivity index (χ2n) is 4.88. The normalized spacial score (nSPS) is 13.3. The van der Waals surface area contributed by atoms with E-state index in [2.05, 4.69) is 20.5 Å². The molecule has 26 heavy (non-hydrogen) atoms. The van der Waals surface area contributed by atoms with Crippen LogP contribution in [0.2, 0.25) is 0 Å². The van der Waals surface area contributed by atoms with Crippen LogP contribution in [0.1, 0.15) is 27.3 Å². The van der Waals surface area contributed by atoms with Gasteiger partial charge >= 0.3 is 0 Å². The van der Waals surface area contributed by atoms with Crippen molar-refractivity contribution >= 4 is 56.6 Å². The number of amides is 3. The Balaban J connectivity index is 0.00000243. The van der Waals surface area contributed by atoms with Crippen LogP contribution in [0.4, 0.5) is 5.13 Å². The number of carbonyl (C=O) groups excluding carboxylic acids is 3. The lowest BCUT2D eigenvalue weighted by atomic mass is 10.2. The molecule has 3 rings (SSSR count). The Kier molecular flexibility index (Phi) is 5.65. The highest BCUT2D eigenvalue weighted by Gasteiger charge is 2.36. The number of sulfonamides is 1. The number of hydrogen-bond acceptors (Lipinski definition) is 9. The van der Waals surface area contributed by atoms with Crippen LogP contribution < -0.4 is 10.5 Å². The summed E-state index contributed by atoms with van der Waals surface area (Å²) in [7, 11) is -4.00. The van der Waals surface area contributed by atoms with Crippen LogP contribution in [0, 0.1) is 0 Å². The van der Waals surface area contributed by atoms with Gasteiger partial charge in [-0.3, -0.25) is 24.3 Å². The summed E-state index contributed by atoms with van der Waals surface area (Å²) in [5.74, 6) is -1.66. The minimum absolute atomic E-state index is 0. The van der Waals surface area contributed by atoms with Gasteiger partial charge in [-0.2, -0.15) is 0 Å². The molecule has 2 aromatic heterocycles. The molecular formula is C12H11ClN6O5S2. The van der Waals surface area contributed by atoms with Gasteiger partial charge in [0.2, 0.25) is 15.4 Å². The largest absolute Gasteiger partial charge is 0.300 e. The standard InChI is InChI=1S/C12H10N6O5S2.ClH/c13-25(22,23)12-17-16-11(24-12)15-7(19)3-5-18-9(20)6-2-1-4-14-8(6)10(18)21;/h1-2,4H,3,5H2,(H2,13,22,23)(H,15,16,19);1H. The van der Waals surface area contributed by atoms with E-state index in [1.807, 2.05) is 0 Å². The lowest BCUT2D eigenvalue weighted by Crippen LogP contribution is -2.33. The fraction of sp³-hybridized carbons (Fsp3) is 0.167. The number of imide groups is 1. The second kappa shape index (κ2) is 7.41. The van der Waals surface area contributed by atoms with E-state index in [4.69, 9.17) is 5.14 Å². The van der Waals surface area contributed by atoms with Gasteiger partial charge in [0.05, 0.1) is 5.56 Å². The number of nitrogens with zero attached hydrogens (tertiary/aromatic N) is 4. The average Bonchev–Trinajstić information content (AvgIpc) is 3.11. The van der Waals surface area contributed by atoms with Crippen LogP contribution in [0.25, 0.3) is 0 Å². The number of anilines is 1. The zero-order valence-corrected chi connectivity index (χ0v) is 15.2. The Morgan fingerprint density at radius 2 is 2.00 bits per heavy atom. The first-order valence-corrected chi connectivity index (χ1v) is 9.11. The number of nitrogens with two attached hydrogens (primary N) is 1. The number of hydrogen-bond donors (Lipinski definition) is 2. The molecule has 0 saturated carbocycles. The molecule has 0 unspecified atom stereocenters. The predicted octanol–water partition coefficient (Wildman–Crippen LogP) is -0.373. The van der Waals surface area contributed by atoms with Gasteiger partial charge in [0.1, 0.15) is 5.69 Å². The van der Waals surface area contributed by atoms with Crippen molar-refractivity contribution in [3.8, 4) is 0 Å². The Hall–Kier alpha value is -2.48. The molecule has 0 fully saturated rings. The smallest absolute Gasteiger partial charge is 0.280 e. The third-order valence-electron chi connectivity index (χ3n) is 3.19. The van der Waals surface area contributed by atoms with Gasteiger partial charge in [0, 0.05) is 19.2 Å². The second-order valence-corrected chi connectivity index (χ2v) is 7.59. The number of carbonyl (C=O) groups is 3. The van der Waals surface area contributed by atoms with Crippen molar-refractivity contribution in [1.82, 2.24) is 20.1 Å². The van der Waals surface area contributed by atoms with Crippen LogP contribution in [0.15, 0.2) is 22.7 Å². The molecule has 2 aromatic rings. The topological polar surface area (TPSA) is 165 Å². The molecule has 1 aliphatic rings. The van der Waals surface area contributed by atoms with E-state index in [0.29, 0.717) is 11.3 Å². The number of primary sulfonamides is 1. The molecule has 0 bridgehead atoms. The van der Waals surface area contributed by atoms with Crippen molar-refractivity contribution in [3.63, 3.8) is 0 Å². The predicted molar refractivity (Wildman–Crippen MR) is 91.4 cm³/mol. The van der Waals surface area contributed by atoms with E-state index in [1.165, 1.54) is 12.3 Å². The molecule has 0 aliphatic carbocycles. The number of rotatable bonds is 5. The molecule has 1 aliphatic heterocycles. The zero-order chi connectivity index (χ0) is 18.2. The average molecular weight is 419 g/mol. The quantitative estimate of drug-likeness (QED) is 0.490. The van der Waals surface area contributed by atoms with Gasteiger partial charge in [0.15, 0.2) is 0 Å². The number of aromatic nitrogens is 3. The molecule has 0 atom stereocenters. The Labute approximate surface area is 157 Å². The van der Waals surface area contributed by atoms with E-state index in [9.17, 15) is 22.8 Å². The van der Waals surface area contributed by atoms with Gasteiger partial charge in [-0.05, 0) is 12.1 Å². The van der Waals surface area contributed by atoms with Crippen molar-refractivity contribution in [2.45, 2.75) is 10.8 Å². The van der Waals surface area contributed by atoms with Crippen LogP contribution in [-0.2, 0) is 14.8 Å². The fourth-order valence-electron chi connectivity index (χ4n) is 2.09. The van der Waals surface area contributed by atoms with Crippen molar-refractivity contribution in [1.29, 1.82) is 0 Å². The van der Waals surface area contributed by atoms with Gasteiger partial charge in [-0.1, -0.05) is 11.3 Å². The first-order chi connectivity index (χ1) is 11.8. The Bertz CT molecular complexity index is 957. The summed E-state index contributed by atoms with van der Waals surface area (Å²) in [5.41, 5.74) is 0.240. The number of fused-ring (bicyclic) bond motifs is 1. The van der Waals surface area contributed by atoms with Gasteiger partial charge in [0.25, 0.3) is 21.8 Å². The van der Waals surface area contributed by atoms with Crippen LogP contribution in [0.5, 0.6) is 0 Å². The number of nitrogens with one attached hydrogen (secondary N) is 1. The SMILES string of the molecule is Cl.NS(=O)(=O)c1nnc(NC(=O)CCN2C(=O)c3cccnc3C2=O)s1. The monoisotopic (exact) mass is 418 g/mol. The summed E-state index contributed by atoms with van der Waals surface area (Å²) < 4.78 is 21.8. The third kappa shape index (κ3) is 3.85. The van der Waals surface area contributed by atoms with Crippen LogP contribution >= 0.6 is 23.7 Å². The van der Waals surface area contributed by atoms with Crippen molar-refractivity contribution in [3.05, 3.63) is 29.6 Å². The Morgan fingerprint density at radius 1 is 1.27 bits per heavy atom. The molecule has 14 heteroatoms. The summed E-state index contributed by atoms with van der Waals surface area (Å²) in [6.45, 7) is -0.152. The zero-order valence-electron chi connectivity index (χ0n) is 12.8. The minimum atomic E-state index is -4.00. The van der Waals surface area contributed by atoms with Crippen LogP contribution in [-0.4, -0.2) is 52.8 Å². The highest BCUT2D eigenvalue weighted by Crippen LogP contribution is 2.21. The summed E-state index contributed by atoms with van der Waals surface area (Å²) >= 11 is 0.593. The number of pyridine rings is 1. The molecule has 11 nitrogen and oxygen atoms in total. The van der Waals surface area contributed by atoms with Gasteiger partial charge < -0.3 is 5.32 Å². The van der Waals surface area contributed by atoms with Crippen LogP contribution in [0.3, 0.4) is 0 Å². The van der Waals surface area contributed by atoms with Crippen molar-refractivity contribution in [2.75, 3.05) is 11.9 Å². The van der Waals surface area contributed by atoms with E-state index in [-0.39, 0.29) is 41.8 Å². The highest BCUT2D eigenvalue weighted by molar-refractivity contribution is 7.91. The maximum Gasteiger partial charge on any atom is 0.280 e.